The quantitative estimate of drug-likeness (QED) is 0.584. The number of hydrogen-bond acceptors (Lipinski definition) is 5. The minimum Gasteiger partial charge on any atom is -0.476 e. The highest BCUT2D eigenvalue weighted by Crippen LogP contribution is 1.92. The van der Waals surface area contributed by atoms with Gasteiger partial charge in [-0.2, -0.15) is 0 Å². The summed E-state index contributed by atoms with van der Waals surface area (Å²) in [4.78, 5) is 33.3. The van der Waals surface area contributed by atoms with E-state index in [1.165, 1.54) is 0 Å². The van der Waals surface area contributed by atoms with E-state index in [0.29, 0.717) is 0 Å². The van der Waals surface area contributed by atoms with Gasteiger partial charge in [0.1, 0.15) is 6.54 Å². The third-order valence-electron chi connectivity index (χ3n) is 1.96. The molecular weight excluding hydrogens is 254 g/mol. The van der Waals surface area contributed by atoms with Crippen LogP contribution >= 0.6 is 0 Å². The summed E-state index contributed by atoms with van der Waals surface area (Å²) in [6.45, 7) is 3.28. The van der Waals surface area contributed by atoms with Gasteiger partial charge >= 0.3 is 5.97 Å². The molecule has 0 aliphatic heterocycles. The van der Waals surface area contributed by atoms with Crippen molar-refractivity contribution in [1.82, 2.24) is 25.6 Å². The van der Waals surface area contributed by atoms with Gasteiger partial charge in [0.15, 0.2) is 5.69 Å². The van der Waals surface area contributed by atoms with Crippen molar-refractivity contribution in [2.24, 2.45) is 0 Å². The van der Waals surface area contributed by atoms with Crippen molar-refractivity contribution < 1.29 is 19.5 Å². The molecule has 2 amide bonds. The lowest BCUT2D eigenvalue weighted by atomic mass is 10.4. The average molecular weight is 269 g/mol. The number of aromatic nitrogens is 3. The zero-order valence-corrected chi connectivity index (χ0v) is 10.6. The van der Waals surface area contributed by atoms with Gasteiger partial charge in [0.25, 0.3) is 0 Å². The number of rotatable bonds is 6. The molecule has 0 atom stereocenters. The maximum absolute atomic E-state index is 11.5. The van der Waals surface area contributed by atoms with Crippen LogP contribution in [0.25, 0.3) is 0 Å². The van der Waals surface area contributed by atoms with Crippen molar-refractivity contribution in [1.29, 1.82) is 0 Å². The van der Waals surface area contributed by atoms with Crippen LogP contribution in [0.2, 0.25) is 0 Å². The van der Waals surface area contributed by atoms with Crippen LogP contribution in [-0.2, 0) is 16.1 Å². The largest absolute Gasteiger partial charge is 0.476 e. The van der Waals surface area contributed by atoms with Crippen molar-refractivity contribution in [2.75, 3.05) is 6.54 Å². The fourth-order valence-corrected chi connectivity index (χ4v) is 1.23. The normalized spacial score (nSPS) is 10.3. The first-order valence-corrected chi connectivity index (χ1v) is 5.58. The van der Waals surface area contributed by atoms with Crippen LogP contribution in [0, 0.1) is 0 Å². The van der Waals surface area contributed by atoms with Gasteiger partial charge in [-0.15, -0.1) is 5.10 Å². The number of amides is 2. The van der Waals surface area contributed by atoms with E-state index in [4.69, 9.17) is 5.11 Å². The van der Waals surface area contributed by atoms with Crippen molar-refractivity contribution in [3.8, 4) is 0 Å². The minimum absolute atomic E-state index is 0.00200. The maximum atomic E-state index is 11.5. The second kappa shape index (κ2) is 6.47. The van der Waals surface area contributed by atoms with E-state index in [1.807, 2.05) is 13.8 Å². The van der Waals surface area contributed by atoms with Gasteiger partial charge in [0, 0.05) is 6.04 Å². The first-order valence-electron chi connectivity index (χ1n) is 5.58. The van der Waals surface area contributed by atoms with Crippen LogP contribution in [-0.4, -0.2) is 50.5 Å². The zero-order valence-electron chi connectivity index (χ0n) is 10.6. The first-order chi connectivity index (χ1) is 8.88. The molecule has 0 aliphatic rings. The molecule has 0 saturated carbocycles. The van der Waals surface area contributed by atoms with Crippen molar-refractivity contribution in [3.05, 3.63) is 11.9 Å². The van der Waals surface area contributed by atoms with Gasteiger partial charge in [0.05, 0.1) is 12.7 Å². The second-order valence-electron chi connectivity index (χ2n) is 4.11. The molecule has 1 aromatic heterocycles. The number of nitrogens with one attached hydrogen (secondary N) is 2. The minimum atomic E-state index is -1.22. The fraction of sp³-hybridized carbons (Fsp3) is 0.500. The molecule has 0 aromatic carbocycles. The Morgan fingerprint density at radius 2 is 2.05 bits per heavy atom. The molecule has 1 heterocycles. The summed E-state index contributed by atoms with van der Waals surface area (Å²) in [7, 11) is 0. The summed E-state index contributed by atoms with van der Waals surface area (Å²) in [5.41, 5.74) is -0.245. The van der Waals surface area contributed by atoms with E-state index in [2.05, 4.69) is 20.9 Å². The van der Waals surface area contributed by atoms with Crippen LogP contribution in [0.15, 0.2) is 6.20 Å². The van der Waals surface area contributed by atoms with E-state index in [1.54, 1.807) is 0 Å². The van der Waals surface area contributed by atoms with Crippen LogP contribution in [0.5, 0.6) is 0 Å². The monoisotopic (exact) mass is 269 g/mol. The van der Waals surface area contributed by atoms with Crippen LogP contribution < -0.4 is 10.6 Å². The lowest BCUT2D eigenvalue weighted by Gasteiger charge is -2.09. The highest BCUT2D eigenvalue weighted by molar-refractivity contribution is 5.85. The van der Waals surface area contributed by atoms with Crippen LogP contribution in [0.1, 0.15) is 24.3 Å². The maximum Gasteiger partial charge on any atom is 0.358 e. The number of carbonyl (C=O) groups excluding carboxylic acids is 2. The SMILES string of the molecule is CC(C)NC(=O)CNC(=O)Cn1cc(C(=O)O)nn1. The van der Waals surface area contributed by atoms with Crippen molar-refractivity contribution in [3.63, 3.8) is 0 Å². The molecule has 9 heteroatoms. The molecular formula is C10H15N5O4. The number of carboxylic acid groups (broad SMARTS) is 1. The molecule has 0 radical (unpaired) electrons. The van der Waals surface area contributed by atoms with E-state index in [0.717, 1.165) is 10.9 Å². The molecule has 0 saturated heterocycles. The third kappa shape index (κ3) is 5.15. The molecule has 104 valence electrons. The molecule has 0 spiro atoms. The summed E-state index contributed by atoms with van der Waals surface area (Å²) >= 11 is 0. The standard InChI is InChI=1S/C10H15N5O4/c1-6(2)12-8(16)3-11-9(17)5-15-4-7(10(18)19)13-14-15/h4,6H,3,5H2,1-2H3,(H,11,17)(H,12,16)(H,18,19). The molecule has 1 aromatic rings. The number of hydrogen-bond donors (Lipinski definition) is 3. The van der Waals surface area contributed by atoms with Crippen LogP contribution in [0.3, 0.4) is 0 Å². The molecule has 3 N–H and O–H groups in total. The lowest BCUT2D eigenvalue weighted by molar-refractivity contribution is -0.126. The summed E-state index contributed by atoms with van der Waals surface area (Å²) in [5.74, 6) is -1.98. The van der Waals surface area contributed by atoms with Gasteiger partial charge in [0.2, 0.25) is 11.8 Å². The van der Waals surface area contributed by atoms with Gasteiger partial charge in [-0.05, 0) is 13.8 Å². The van der Waals surface area contributed by atoms with Crippen LogP contribution in [0.4, 0.5) is 0 Å². The molecule has 19 heavy (non-hydrogen) atoms. The van der Waals surface area contributed by atoms with E-state index in [9.17, 15) is 14.4 Å². The Labute approximate surface area is 109 Å². The zero-order chi connectivity index (χ0) is 14.4. The Morgan fingerprint density at radius 3 is 2.58 bits per heavy atom. The Hall–Kier alpha value is -2.45. The molecule has 0 unspecified atom stereocenters. The summed E-state index contributed by atoms with van der Waals surface area (Å²) in [6, 6.07) is -0.00200. The molecule has 9 nitrogen and oxygen atoms in total. The summed E-state index contributed by atoms with van der Waals surface area (Å²) < 4.78 is 1.08. The highest BCUT2D eigenvalue weighted by Gasteiger charge is 2.11. The second-order valence-corrected chi connectivity index (χ2v) is 4.11. The molecule has 0 fully saturated rings. The van der Waals surface area contributed by atoms with E-state index < -0.39 is 11.9 Å². The van der Waals surface area contributed by atoms with Gasteiger partial charge in [-0.25, -0.2) is 9.48 Å². The highest BCUT2D eigenvalue weighted by atomic mass is 16.4. The van der Waals surface area contributed by atoms with Gasteiger partial charge in [-0.3, -0.25) is 9.59 Å². The molecule has 1 rings (SSSR count). The number of aromatic carboxylic acids is 1. The molecule has 0 bridgehead atoms. The number of nitrogens with zero attached hydrogens (tertiary/aromatic N) is 3. The van der Waals surface area contributed by atoms with Crippen molar-refractivity contribution >= 4 is 17.8 Å². The third-order valence-corrected chi connectivity index (χ3v) is 1.96. The summed E-state index contributed by atoms with van der Waals surface area (Å²) in [5, 5.41) is 20.5. The predicted octanol–water partition coefficient (Wildman–Crippen LogP) is -1.38. The Kier molecular flexibility index (Phi) is 4.98. The lowest BCUT2D eigenvalue weighted by Crippen LogP contribution is -2.40. The summed E-state index contributed by atoms with van der Waals surface area (Å²) in [6.07, 6.45) is 1.14. The average Bonchev–Trinajstić information content (AvgIpc) is 2.74. The Bertz CT molecular complexity index is 482. The van der Waals surface area contributed by atoms with Gasteiger partial charge in [-0.1, -0.05) is 5.21 Å². The molecule has 0 aliphatic carbocycles. The predicted molar refractivity (Wildman–Crippen MR) is 63.3 cm³/mol. The smallest absolute Gasteiger partial charge is 0.358 e. The van der Waals surface area contributed by atoms with E-state index >= 15 is 0 Å². The van der Waals surface area contributed by atoms with E-state index in [-0.39, 0.29) is 30.7 Å². The first kappa shape index (κ1) is 14.6. The topological polar surface area (TPSA) is 126 Å². The number of carboxylic acids is 1. The van der Waals surface area contributed by atoms with Gasteiger partial charge < -0.3 is 15.7 Å². The fourth-order valence-electron chi connectivity index (χ4n) is 1.23. The number of carbonyl (C=O) groups is 3. The Morgan fingerprint density at radius 1 is 1.37 bits per heavy atom. The van der Waals surface area contributed by atoms with Crippen molar-refractivity contribution in [2.45, 2.75) is 26.4 Å². The Balaban J connectivity index is 2.38.